The van der Waals surface area contributed by atoms with E-state index in [1.807, 2.05) is 17.7 Å². The van der Waals surface area contributed by atoms with Crippen molar-refractivity contribution in [1.82, 2.24) is 19.7 Å². The van der Waals surface area contributed by atoms with Gasteiger partial charge in [-0.05, 0) is 55.0 Å². The molecule has 1 fully saturated rings. The summed E-state index contributed by atoms with van der Waals surface area (Å²) in [6, 6.07) is 3.39. The first-order chi connectivity index (χ1) is 18.1. The SMILES string of the molecule is Cc1sc(C(=O)c2cncnc2N[C@@H]2C[C@H](CNS(=O)(=O)O)[C@@H](O)C2)cc1[C@H]1OCCc2cnc(Cl)cc21. The number of rotatable bonds is 8. The summed E-state index contributed by atoms with van der Waals surface area (Å²) in [5.74, 6) is -0.324. The third-order valence-electron chi connectivity index (χ3n) is 6.87. The Balaban J connectivity index is 1.35. The number of fused-ring (bicyclic) bond motifs is 1. The summed E-state index contributed by atoms with van der Waals surface area (Å²) >= 11 is 7.51. The van der Waals surface area contributed by atoms with Crippen molar-refractivity contribution >= 4 is 44.8 Å². The molecule has 5 rings (SSSR count). The normalized spacial score (nSPS) is 23.3. The van der Waals surface area contributed by atoms with Gasteiger partial charge < -0.3 is 15.2 Å². The van der Waals surface area contributed by atoms with Gasteiger partial charge in [-0.15, -0.1) is 11.3 Å². The number of anilines is 1. The first-order valence-electron chi connectivity index (χ1n) is 12.0. The minimum atomic E-state index is -4.35. The molecule has 4 atom stereocenters. The van der Waals surface area contributed by atoms with Crippen molar-refractivity contribution in [2.75, 3.05) is 18.5 Å². The smallest absolute Gasteiger partial charge is 0.333 e. The molecule has 2 aliphatic rings. The van der Waals surface area contributed by atoms with E-state index in [0.717, 1.165) is 28.0 Å². The number of ketones is 1. The highest BCUT2D eigenvalue weighted by molar-refractivity contribution is 7.83. The molecule has 4 N–H and O–H groups in total. The molecular formula is C24H26ClN5O6S2. The molecule has 0 unspecified atom stereocenters. The molecule has 0 aromatic carbocycles. The van der Waals surface area contributed by atoms with Gasteiger partial charge >= 0.3 is 10.3 Å². The minimum Gasteiger partial charge on any atom is -0.393 e. The van der Waals surface area contributed by atoms with E-state index in [0.29, 0.717) is 35.3 Å². The van der Waals surface area contributed by atoms with Crippen LogP contribution in [0.4, 0.5) is 5.82 Å². The number of nitrogens with zero attached hydrogens (tertiary/aromatic N) is 3. The van der Waals surface area contributed by atoms with Crippen LogP contribution in [-0.4, -0.2) is 64.1 Å². The van der Waals surface area contributed by atoms with Crippen LogP contribution in [-0.2, 0) is 21.5 Å². The number of hydrogen-bond acceptors (Lipinski definition) is 10. The van der Waals surface area contributed by atoms with Crippen LogP contribution in [0, 0.1) is 12.8 Å². The minimum absolute atomic E-state index is 0.0986. The highest BCUT2D eigenvalue weighted by Gasteiger charge is 2.34. The molecule has 0 amide bonds. The standard InChI is InChI=1S/C24H26ClN5O6S2/c1-12-16(23-17-7-21(25)27-8-13(17)2-3-36-23)6-20(37-12)22(32)18-10-26-11-28-24(18)30-15-4-14(19(31)5-15)9-29-38(33,34)35/h6-8,10-11,14-15,19,23,29,31H,2-5,9H2,1H3,(H,26,28,30)(H,33,34,35)/t14-,15-,19+,23-/m1/s1. The Hall–Kier alpha value is -2.52. The lowest BCUT2D eigenvalue weighted by atomic mass is 9.94. The zero-order valence-electron chi connectivity index (χ0n) is 20.3. The highest BCUT2D eigenvalue weighted by Crippen LogP contribution is 2.39. The third-order valence-corrected chi connectivity index (χ3v) is 8.68. The number of carbonyl (C=O) groups is 1. The second-order valence-electron chi connectivity index (χ2n) is 9.41. The lowest BCUT2D eigenvalue weighted by molar-refractivity contribution is 0.0695. The Morgan fingerprint density at radius 1 is 1.24 bits per heavy atom. The Bertz CT molecular complexity index is 1470. The van der Waals surface area contributed by atoms with Crippen molar-refractivity contribution < 1.29 is 27.6 Å². The predicted molar refractivity (Wildman–Crippen MR) is 141 cm³/mol. The molecule has 4 heterocycles. The van der Waals surface area contributed by atoms with Crippen LogP contribution in [0.3, 0.4) is 0 Å². The number of aryl methyl sites for hydroxylation is 1. The van der Waals surface area contributed by atoms with Gasteiger partial charge in [0, 0.05) is 35.8 Å². The molecule has 38 heavy (non-hydrogen) atoms. The van der Waals surface area contributed by atoms with Crippen molar-refractivity contribution in [3.63, 3.8) is 0 Å². The quantitative estimate of drug-likeness (QED) is 0.177. The van der Waals surface area contributed by atoms with Crippen LogP contribution < -0.4 is 10.0 Å². The largest absolute Gasteiger partial charge is 0.393 e. The van der Waals surface area contributed by atoms with E-state index in [1.165, 1.54) is 23.9 Å². The Morgan fingerprint density at radius 3 is 2.84 bits per heavy atom. The van der Waals surface area contributed by atoms with Crippen molar-refractivity contribution in [2.24, 2.45) is 5.92 Å². The second kappa shape index (κ2) is 10.9. The van der Waals surface area contributed by atoms with Gasteiger partial charge in [0.1, 0.15) is 23.4 Å². The summed E-state index contributed by atoms with van der Waals surface area (Å²) in [5.41, 5.74) is 3.18. The first kappa shape index (κ1) is 27.1. The fraction of sp³-hybridized carbons (Fsp3) is 0.417. The number of nitrogens with one attached hydrogen (secondary N) is 2. The van der Waals surface area contributed by atoms with Crippen LogP contribution in [0.1, 0.15) is 55.7 Å². The fourth-order valence-electron chi connectivity index (χ4n) is 5.02. The van der Waals surface area contributed by atoms with Crippen LogP contribution >= 0.6 is 22.9 Å². The number of ether oxygens (including phenoxy) is 1. The third kappa shape index (κ3) is 5.88. The van der Waals surface area contributed by atoms with Gasteiger partial charge in [-0.3, -0.25) is 9.35 Å². The molecular weight excluding hydrogens is 554 g/mol. The molecule has 1 saturated carbocycles. The Morgan fingerprint density at radius 2 is 2.05 bits per heavy atom. The highest BCUT2D eigenvalue weighted by atomic mass is 35.5. The zero-order valence-corrected chi connectivity index (χ0v) is 22.7. The molecule has 3 aromatic rings. The number of thiophene rings is 1. The molecule has 0 spiro atoms. The Labute approximate surface area is 228 Å². The molecule has 0 saturated heterocycles. The van der Waals surface area contributed by atoms with E-state index >= 15 is 0 Å². The van der Waals surface area contributed by atoms with E-state index < -0.39 is 22.3 Å². The maximum absolute atomic E-state index is 13.6. The first-order valence-corrected chi connectivity index (χ1v) is 14.6. The van der Waals surface area contributed by atoms with Gasteiger partial charge in [-0.1, -0.05) is 11.6 Å². The molecule has 3 aromatic heterocycles. The summed E-state index contributed by atoms with van der Waals surface area (Å²) < 4.78 is 39.0. The number of aliphatic hydroxyl groups is 1. The number of aromatic nitrogens is 3. The monoisotopic (exact) mass is 579 g/mol. The average molecular weight is 580 g/mol. The van der Waals surface area contributed by atoms with E-state index in [9.17, 15) is 18.3 Å². The fourth-order valence-corrected chi connectivity index (χ4v) is 6.61. The number of halogens is 1. The van der Waals surface area contributed by atoms with Crippen molar-refractivity contribution in [1.29, 1.82) is 0 Å². The zero-order chi connectivity index (χ0) is 27.0. The summed E-state index contributed by atoms with van der Waals surface area (Å²) in [7, 11) is -4.35. The van der Waals surface area contributed by atoms with Gasteiger partial charge in [0.15, 0.2) is 0 Å². The predicted octanol–water partition coefficient (Wildman–Crippen LogP) is 2.73. The molecule has 202 valence electrons. The van der Waals surface area contributed by atoms with E-state index in [1.54, 1.807) is 12.3 Å². The summed E-state index contributed by atoms with van der Waals surface area (Å²) in [6.07, 6.45) is 4.90. The van der Waals surface area contributed by atoms with Crippen LogP contribution in [0.2, 0.25) is 5.15 Å². The maximum atomic E-state index is 13.6. The van der Waals surface area contributed by atoms with Crippen molar-refractivity contribution in [3.8, 4) is 0 Å². The van der Waals surface area contributed by atoms with E-state index in [-0.39, 0.29) is 30.0 Å². The summed E-state index contributed by atoms with van der Waals surface area (Å²) in [6.45, 7) is 2.38. The van der Waals surface area contributed by atoms with Crippen LogP contribution in [0.15, 0.2) is 30.9 Å². The maximum Gasteiger partial charge on any atom is 0.333 e. The lowest BCUT2D eigenvalue weighted by Gasteiger charge is -2.26. The van der Waals surface area contributed by atoms with Crippen LogP contribution in [0.25, 0.3) is 0 Å². The lowest BCUT2D eigenvalue weighted by Crippen LogP contribution is -2.32. The van der Waals surface area contributed by atoms with Crippen LogP contribution in [0.5, 0.6) is 0 Å². The topological polar surface area (TPSA) is 164 Å². The number of pyridine rings is 1. The van der Waals surface area contributed by atoms with Gasteiger partial charge in [-0.2, -0.15) is 13.1 Å². The van der Waals surface area contributed by atoms with Gasteiger partial charge in [0.2, 0.25) is 5.78 Å². The Kier molecular flexibility index (Phi) is 7.78. The number of carbonyl (C=O) groups excluding carboxylic acids is 1. The second-order valence-corrected chi connectivity index (χ2v) is 12.3. The average Bonchev–Trinajstić information content (AvgIpc) is 3.43. The molecule has 11 nitrogen and oxygen atoms in total. The molecule has 0 bridgehead atoms. The molecule has 1 aliphatic heterocycles. The van der Waals surface area contributed by atoms with Gasteiger partial charge in [0.25, 0.3) is 0 Å². The van der Waals surface area contributed by atoms with Gasteiger partial charge in [-0.25, -0.2) is 15.0 Å². The number of aliphatic hydroxyl groups excluding tert-OH is 1. The molecule has 1 aliphatic carbocycles. The van der Waals surface area contributed by atoms with E-state index in [2.05, 4.69) is 20.3 Å². The van der Waals surface area contributed by atoms with Crippen molar-refractivity contribution in [3.05, 3.63) is 68.0 Å². The molecule has 0 radical (unpaired) electrons. The molecule has 14 heteroatoms. The summed E-state index contributed by atoms with van der Waals surface area (Å²) in [5, 5.41) is 13.9. The number of hydrogen-bond donors (Lipinski definition) is 4. The van der Waals surface area contributed by atoms with E-state index in [4.69, 9.17) is 20.9 Å². The summed E-state index contributed by atoms with van der Waals surface area (Å²) in [4.78, 5) is 27.5. The van der Waals surface area contributed by atoms with Gasteiger partial charge in [0.05, 0.1) is 23.2 Å². The van der Waals surface area contributed by atoms with Crippen molar-refractivity contribution in [2.45, 2.75) is 44.4 Å².